The van der Waals surface area contributed by atoms with Gasteiger partial charge in [-0.15, -0.1) is 0 Å². The predicted molar refractivity (Wildman–Crippen MR) is 68.3 cm³/mol. The van der Waals surface area contributed by atoms with Crippen molar-refractivity contribution in [3.8, 4) is 0 Å². The molecule has 0 bridgehead atoms. The Labute approximate surface area is 103 Å². The second kappa shape index (κ2) is 6.89. The van der Waals surface area contributed by atoms with E-state index in [-0.39, 0.29) is 0 Å². The average Bonchev–Trinajstić information content (AvgIpc) is 2.74. The Morgan fingerprint density at radius 2 is 2.35 bits per heavy atom. The molecule has 0 spiro atoms. The largest absolute Gasteiger partial charge is 0.337 e. The summed E-state index contributed by atoms with van der Waals surface area (Å²) in [7, 11) is 1.94. The Morgan fingerprint density at radius 1 is 1.59 bits per heavy atom. The Morgan fingerprint density at radius 3 is 2.82 bits per heavy atom. The van der Waals surface area contributed by atoms with Crippen molar-refractivity contribution >= 4 is 6.41 Å². The van der Waals surface area contributed by atoms with Gasteiger partial charge in [0.25, 0.3) is 0 Å². The molecule has 17 heavy (non-hydrogen) atoms. The molecule has 0 aliphatic rings. The maximum absolute atomic E-state index is 11.0. The molecule has 1 amide bonds. The molecule has 1 heterocycles. The summed E-state index contributed by atoms with van der Waals surface area (Å²) in [5, 5.41) is 0. The molecule has 94 valence electrons. The van der Waals surface area contributed by atoms with Crippen LogP contribution in [0.3, 0.4) is 0 Å². The zero-order valence-corrected chi connectivity index (χ0v) is 10.9. The Hall–Kier alpha value is -1.58. The monoisotopic (exact) mass is 235 g/mol. The molecule has 4 nitrogen and oxygen atoms in total. The molecule has 1 aromatic heterocycles. The summed E-state index contributed by atoms with van der Waals surface area (Å²) < 4.78 is 1.94. The first-order chi connectivity index (χ1) is 8.21. The van der Waals surface area contributed by atoms with Crippen LogP contribution < -0.4 is 0 Å². The fraction of sp³-hybridized carbons (Fsp3) is 0.538. The molecule has 0 radical (unpaired) electrons. The molecule has 4 heteroatoms. The van der Waals surface area contributed by atoms with Crippen molar-refractivity contribution in [3.05, 3.63) is 29.9 Å². The van der Waals surface area contributed by atoms with Crippen LogP contribution in [0.5, 0.6) is 0 Å². The van der Waals surface area contributed by atoms with E-state index in [1.165, 1.54) is 5.57 Å². The Bertz CT molecular complexity index is 382. The van der Waals surface area contributed by atoms with Gasteiger partial charge >= 0.3 is 0 Å². The summed E-state index contributed by atoms with van der Waals surface area (Å²) in [5.41, 5.74) is 1.39. The van der Waals surface area contributed by atoms with E-state index in [1.807, 2.05) is 24.7 Å². The first-order valence-electron chi connectivity index (χ1n) is 6.00. The molecule has 0 fully saturated rings. The fourth-order valence-corrected chi connectivity index (χ4v) is 1.71. The maximum atomic E-state index is 11.0. The van der Waals surface area contributed by atoms with Crippen LogP contribution in [0, 0.1) is 0 Å². The summed E-state index contributed by atoms with van der Waals surface area (Å²) >= 11 is 0. The lowest BCUT2D eigenvalue weighted by atomic mass is 10.1. The Balaban J connectivity index is 2.50. The number of nitrogens with zero attached hydrogens (tertiary/aromatic N) is 3. The first kappa shape index (κ1) is 13.5. The highest BCUT2D eigenvalue weighted by Crippen LogP contribution is 2.08. The van der Waals surface area contributed by atoms with Crippen LogP contribution in [0.1, 0.15) is 32.5 Å². The van der Waals surface area contributed by atoms with Crippen molar-refractivity contribution < 1.29 is 4.79 Å². The van der Waals surface area contributed by atoms with Gasteiger partial charge in [0, 0.05) is 26.0 Å². The normalized spacial score (nSPS) is 11.6. The minimum Gasteiger partial charge on any atom is -0.337 e. The molecule has 0 atom stereocenters. The van der Waals surface area contributed by atoms with E-state index in [4.69, 9.17) is 0 Å². The maximum Gasteiger partial charge on any atom is 0.210 e. The van der Waals surface area contributed by atoms with Crippen molar-refractivity contribution in [1.29, 1.82) is 0 Å². The van der Waals surface area contributed by atoms with Crippen molar-refractivity contribution in [2.24, 2.45) is 7.05 Å². The highest BCUT2D eigenvalue weighted by molar-refractivity contribution is 5.47. The van der Waals surface area contributed by atoms with Gasteiger partial charge in [-0.1, -0.05) is 18.6 Å². The van der Waals surface area contributed by atoms with Gasteiger partial charge in [-0.05, 0) is 19.8 Å². The highest BCUT2D eigenvalue weighted by Gasteiger charge is 2.07. The topological polar surface area (TPSA) is 38.1 Å². The number of imidazole rings is 1. The molecule has 0 unspecified atom stereocenters. The lowest BCUT2D eigenvalue weighted by Crippen LogP contribution is -2.24. The number of allylic oxidation sites excluding steroid dienone is 1. The third kappa shape index (κ3) is 4.06. The van der Waals surface area contributed by atoms with Gasteiger partial charge in [0.05, 0.1) is 6.54 Å². The number of carbonyl (C=O) groups excluding carboxylic acids is 1. The minimum atomic E-state index is 0.577. The fourth-order valence-electron chi connectivity index (χ4n) is 1.71. The summed E-state index contributed by atoms with van der Waals surface area (Å²) in [4.78, 5) is 17.0. The van der Waals surface area contributed by atoms with Gasteiger partial charge in [0.1, 0.15) is 5.82 Å². The van der Waals surface area contributed by atoms with Crippen LogP contribution in [0.4, 0.5) is 0 Å². The number of hydrogen-bond acceptors (Lipinski definition) is 2. The van der Waals surface area contributed by atoms with E-state index in [1.54, 1.807) is 11.1 Å². The quantitative estimate of drug-likeness (QED) is 0.536. The van der Waals surface area contributed by atoms with Gasteiger partial charge in [-0.3, -0.25) is 4.79 Å². The van der Waals surface area contributed by atoms with Crippen molar-refractivity contribution in [3.63, 3.8) is 0 Å². The smallest absolute Gasteiger partial charge is 0.210 e. The number of hydrogen-bond donors (Lipinski definition) is 0. The molecular formula is C13H21N3O. The van der Waals surface area contributed by atoms with E-state index in [2.05, 4.69) is 18.0 Å². The van der Waals surface area contributed by atoms with E-state index < -0.39 is 0 Å². The number of rotatable bonds is 7. The molecule has 0 aromatic carbocycles. The third-order valence-electron chi connectivity index (χ3n) is 3.00. The summed E-state index contributed by atoms with van der Waals surface area (Å²) in [6, 6.07) is 0. The summed E-state index contributed by atoms with van der Waals surface area (Å²) in [6.07, 6.45) is 8.66. The van der Waals surface area contributed by atoms with Crippen molar-refractivity contribution in [2.75, 3.05) is 6.54 Å². The summed E-state index contributed by atoms with van der Waals surface area (Å²) in [5.74, 6) is 0.913. The zero-order valence-electron chi connectivity index (χ0n) is 10.9. The Kier molecular flexibility index (Phi) is 5.46. The molecule has 0 N–H and O–H groups in total. The van der Waals surface area contributed by atoms with Crippen LogP contribution in [-0.2, 0) is 18.4 Å². The highest BCUT2D eigenvalue weighted by atomic mass is 16.1. The first-order valence-corrected chi connectivity index (χ1v) is 6.00. The van der Waals surface area contributed by atoms with Crippen molar-refractivity contribution in [1.82, 2.24) is 14.5 Å². The van der Waals surface area contributed by atoms with Crippen LogP contribution in [0.2, 0.25) is 0 Å². The van der Waals surface area contributed by atoms with Gasteiger partial charge in [-0.2, -0.15) is 0 Å². The molecule has 1 rings (SSSR count). The second-order valence-electron chi connectivity index (χ2n) is 4.08. The van der Waals surface area contributed by atoms with E-state index in [9.17, 15) is 4.79 Å². The second-order valence-corrected chi connectivity index (χ2v) is 4.08. The molecule has 0 aliphatic carbocycles. The van der Waals surface area contributed by atoms with Crippen LogP contribution in [-0.4, -0.2) is 27.4 Å². The number of aromatic nitrogens is 2. The van der Waals surface area contributed by atoms with Crippen LogP contribution >= 0.6 is 0 Å². The van der Waals surface area contributed by atoms with Gasteiger partial charge in [0.2, 0.25) is 6.41 Å². The van der Waals surface area contributed by atoms with Crippen LogP contribution in [0.15, 0.2) is 24.0 Å². The standard InChI is InChI=1S/C13H21N3O/c1-4-12(5-2)6-8-16(11-17)10-13-14-7-9-15(13)3/h4,7,9,11H,5-6,8,10H2,1-3H3/b12-4+. The zero-order chi connectivity index (χ0) is 12.7. The van der Waals surface area contributed by atoms with E-state index in [0.29, 0.717) is 6.54 Å². The number of carbonyl (C=O) groups is 1. The molecule has 0 saturated carbocycles. The van der Waals surface area contributed by atoms with Gasteiger partial charge in [0.15, 0.2) is 0 Å². The molecule has 1 aromatic rings. The lowest BCUT2D eigenvalue weighted by molar-refractivity contribution is -0.118. The number of aryl methyl sites for hydroxylation is 1. The average molecular weight is 235 g/mol. The summed E-state index contributed by atoms with van der Waals surface area (Å²) in [6.45, 7) is 5.51. The number of amides is 1. The minimum absolute atomic E-state index is 0.577. The van der Waals surface area contributed by atoms with E-state index >= 15 is 0 Å². The lowest BCUT2D eigenvalue weighted by Gasteiger charge is -2.17. The predicted octanol–water partition coefficient (Wildman–Crippen LogP) is 2.12. The van der Waals surface area contributed by atoms with E-state index in [0.717, 1.165) is 31.6 Å². The molecular weight excluding hydrogens is 214 g/mol. The van der Waals surface area contributed by atoms with Crippen molar-refractivity contribution in [2.45, 2.75) is 33.2 Å². The molecule has 0 aliphatic heterocycles. The van der Waals surface area contributed by atoms with Gasteiger partial charge in [-0.25, -0.2) is 4.98 Å². The molecule has 0 saturated heterocycles. The third-order valence-corrected chi connectivity index (χ3v) is 3.00. The van der Waals surface area contributed by atoms with Gasteiger partial charge < -0.3 is 9.47 Å². The SMILES string of the molecule is C/C=C(\CC)CCN(C=O)Cc1nccn1C. The van der Waals surface area contributed by atoms with Crippen LogP contribution in [0.25, 0.3) is 0 Å².